The number of anilines is 1. The van der Waals surface area contributed by atoms with Crippen LogP contribution in [0.4, 0.5) is 5.69 Å². The topological polar surface area (TPSA) is 60.3 Å². The van der Waals surface area contributed by atoms with Gasteiger partial charge in [-0.1, -0.05) is 12.1 Å². The molecule has 0 saturated heterocycles. The number of rotatable bonds is 4. The number of nitrogens with one attached hydrogen (secondary N) is 1. The summed E-state index contributed by atoms with van der Waals surface area (Å²) in [5, 5.41) is 2.72. The molecule has 0 radical (unpaired) electrons. The van der Waals surface area contributed by atoms with E-state index in [1.807, 2.05) is 25.1 Å². The number of carbonyl (C=O) groups is 2. The number of aromatic nitrogens is 1. The Labute approximate surface area is 123 Å². The summed E-state index contributed by atoms with van der Waals surface area (Å²) in [7, 11) is 1.74. The Morgan fingerprint density at radius 1 is 1.24 bits per heavy atom. The maximum Gasteiger partial charge on any atom is 0.355 e. The molecular weight excluding hydrogens is 268 g/mol. The van der Waals surface area contributed by atoms with Gasteiger partial charge in [0, 0.05) is 18.9 Å². The number of esters is 1. The lowest BCUT2D eigenvalue weighted by Crippen LogP contribution is -2.30. The third kappa shape index (κ3) is 3.72. The zero-order valence-corrected chi connectivity index (χ0v) is 12.3. The highest BCUT2D eigenvalue weighted by Crippen LogP contribution is 2.11. The van der Waals surface area contributed by atoms with E-state index < -0.39 is 12.1 Å². The maximum atomic E-state index is 12.0. The molecule has 5 heteroatoms. The van der Waals surface area contributed by atoms with Gasteiger partial charge in [-0.15, -0.1) is 0 Å². The number of carbonyl (C=O) groups excluding carboxylic acids is 2. The second-order valence-corrected chi connectivity index (χ2v) is 4.91. The minimum absolute atomic E-state index is 0.358. The van der Waals surface area contributed by atoms with E-state index in [4.69, 9.17) is 4.74 Å². The van der Waals surface area contributed by atoms with Crippen molar-refractivity contribution in [3.63, 3.8) is 0 Å². The monoisotopic (exact) mass is 286 g/mol. The summed E-state index contributed by atoms with van der Waals surface area (Å²) in [6.45, 7) is 3.49. The first-order chi connectivity index (χ1) is 9.97. The predicted octanol–water partition coefficient (Wildman–Crippen LogP) is 2.52. The molecule has 0 saturated carbocycles. The summed E-state index contributed by atoms with van der Waals surface area (Å²) in [4.78, 5) is 23.9. The molecule has 0 fully saturated rings. The lowest BCUT2D eigenvalue weighted by atomic mass is 10.2. The van der Waals surface area contributed by atoms with Gasteiger partial charge in [0.2, 0.25) is 0 Å². The molecule has 1 aromatic carbocycles. The molecule has 0 aliphatic rings. The average Bonchev–Trinajstić information content (AvgIpc) is 2.85. The average molecular weight is 286 g/mol. The second kappa shape index (κ2) is 6.26. The predicted molar refractivity (Wildman–Crippen MR) is 80.1 cm³/mol. The van der Waals surface area contributed by atoms with Gasteiger partial charge in [0.15, 0.2) is 6.10 Å². The summed E-state index contributed by atoms with van der Waals surface area (Å²) in [5.74, 6) is -0.877. The Bertz CT molecular complexity index is 661. The largest absolute Gasteiger partial charge is 0.448 e. The van der Waals surface area contributed by atoms with E-state index in [-0.39, 0.29) is 5.91 Å². The van der Waals surface area contributed by atoms with E-state index in [1.165, 1.54) is 0 Å². The molecule has 1 aromatic heterocycles. The van der Waals surface area contributed by atoms with Gasteiger partial charge in [0.05, 0.1) is 0 Å². The molecule has 0 aliphatic heterocycles. The van der Waals surface area contributed by atoms with Crippen molar-refractivity contribution in [2.75, 3.05) is 5.32 Å². The molecular formula is C16H18N2O3. The van der Waals surface area contributed by atoms with Crippen LogP contribution < -0.4 is 5.32 Å². The molecule has 1 atom stereocenters. The van der Waals surface area contributed by atoms with Crippen LogP contribution in [0.2, 0.25) is 0 Å². The Morgan fingerprint density at radius 3 is 2.62 bits per heavy atom. The number of hydrogen-bond donors (Lipinski definition) is 1. The molecule has 1 N–H and O–H groups in total. The molecule has 1 heterocycles. The number of hydrogen-bond acceptors (Lipinski definition) is 3. The van der Waals surface area contributed by atoms with Gasteiger partial charge in [-0.25, -0.2) is 4.79 Å². The molecule has 5 nitrogen and oxygen atoms in total. The summed E-state index contributed by atoms with van der Waals surface area (Å²) in [6.07, 6.45) is 0.876. The van der Waals surface area contributed by atoms with E-state index in [9.17, 15) is 9.59 Å². The van der Waals surface area contributed by atoms with Gasteiger partial charge in [-0.05, 0) is 43.7 Å². The Balaban J connectivity index is 1.97. The summed E-state index contributed by atoms with van der Waals surface area (Å²) < 4.78 is 6.81. The van der Waals surface area contributed by atoms with Crippen molar-refractivity contribution in [1.29, 1.82) is 0 Å². The smallest absolute Gasteiger partial charge is 0.355 e. The molecule has 0 unspecified atom stereocenters. The fourth-order valence-corrected chi connectivity index (χ4v) is 1.91. The Hall–Kier alpha value is -2.56. The minimum Gasteiger partial charge on any atom is -0.448 e. The summed E-state index contributed by atoms with van der Waals surface area (Å²) >= 11 is 0. The van der Waals surface area contributed by atoms with Crippen molar-refractivity contribution in [3.8, 4) is 0 Å². The van der Waals surface area contributed by atoms with Crippen LogP contribution in [0.5, 0.6) is 0 Å². The van der Waals surface area contributed by atoms with Gasteiger partial charge in [-0.3, -0.25) is 4.79 Å². The van der Waals surface area contributed by atoms with Gasteiger partial charge >= 0.3 is 5.97 Å². The highest BCUT2D eigenvalue weighted by molar-refractivity contribution is 5.96. The quantitative estimate of drug-likeness (QED) is 0.879. The normalized spacial score (nSPS) is 11.8. The van der Waals surface area contributed by atoms with Crippen LogP contribution in [0.1, 0.15) is 23.0 Å². The molecule has 0 spiro atoms. The van der Waals surface area contributed by atoms with Crippen molar-refractivity contribution < 1.29 is 14.3 Å². The van der Waals surface area contributed by atoms with Crippen LogP contribution in [0.3, 0.4) is 0 Å². The first-order valence-electron chi connectivity index (χ1n) is 6.67. The molecule has 1 amide bonds. The standard InChI is InChI=1S/C16H18N2O3/c1-11-6-4-7-13(10-11)17-15(19)12(2)21-16(20)14-8-5-9-18(14)3/h4-10,12H,1-3H3,(H,17,19)/t12-/m0/s1. The first-order valence-corrected chi connectivity index (χ1v) is 6.67. The first kappa shape index (κ1) is 14.8. The fourth-order valence-electron chi connectivity index (χ4n) is 1.91. The Morgan fingerprint density at radius 2 is 2.00 bits per heavy atom. The number of ether oxygens (including phenoxy) is 1. The lowest BCUT2D eigenvalue weighted by molar-refractivity contribution is -0.123. The third-order valence-corrected chi connectivity index (χ3v) is 3.09. The van der Waals surface area contributed by atoms with Crippen LogP contribution in [0, 0.1) is 6.92 Å². The molecule has 0 bridgehead atoms. The van der Waals surface area contributed by atoms with E-state index in [1.54, 1.807) is 42.9 Å². The van der Waals surface area contributed by atoms with Crippen LogP contribution in [0.15, 0.2) is 42.6 Å². The van der Waals surface area contributed by atoms with Gasteiger partial charge in [0.1, 0.15) is 5.69 Å². The van der Waals surface area contributed by atoms with Crippen molar-refractivity contribution in [2.24, 2.45) is 7.05 Å². The molecule has 2 aromatic rings. The zero-order valence-electron chi connectivity index (χ0n) is 12.3. The molecule has 21 heavy (non-hydrogen) atoms. The highest BCUT2D eigenvalue weighted by Gasteiger charge is 2.20. The van der Waals surface area contributed by atoms with Crippen molar-refractivity contribution in [1.82, 2.24) is 4.57 Å². The third-order valence-electron chi connectivity index (χ3n) is 3.09. The van der Waals surface area contributed by atoms with Crippen LogP contribution >= 0.6 is 0 Å². The van der Waals surface area contributed by atoms with E-state index in [2.05, 4.69) is 5.32 Å². The van der Waals surface area contributed by atoms with E-state index in [0.29, 0.717) is 11.4 Å². The lowest BCUT2D eigenvalue weighted by Gasteiger charge is -2.14. The maximum absolute atomic E-state index is 12.0. The van der Waals surface area contributed by atoms with Crippen LogP contribution in [0.25, 0.3) is 0 Å². The zero-order chi connectivity index (χ0) is 15.4. The second-order valence-electron chi connectivity index (χ2n) is 4.91. The van der Waals surface area contributed by atoms with Gasteiger partial charge < -0.3 is 14.6 Å². The minimum atomic E-state index is -0.868. The number of amides is 1. The van der Waals surface area contributed by atoms with E-state index >= 15 is 0 Å². The number of nitrogens with zero attached hydrogens (tertiary/aromatic N) is 1. The van der Waals surface area contributed by atoms with Gasteiger partial charge in [-0.2, -0.15) is 0 Å². The van der Waals surface area contributed by atoms with Crippen molar-refractivity contribution >= 4 is 17.6 Å². The number of aryl methyl sites for hydroxylation is 2. The molecule has 110 valence electrons. The van der Waals surface area contributed by atoms with E-state index in [0.717, 1.165) is 5.56 Å². The fraction of sp³-hybridized carbons (Fsp3) is 0.250. The summed E-state index contributed by atoms with van der Waals surface area (Å²) in [5.41, 5.74) is 2.13. The number of benzene rings is 1. The van der Waals surface area contributed by atoms with Gasteiger partial charge in [0.25, 0.3) is 5.91 Å². The molecule has 0 aliphatic carbocycles. The highest BCUT2D eigenvalue weighted by atomic mass is 16.5. The molecule has 2 rings (SSSR count). The SMILES string of the molecule is Cc1cccc(NC(=O)[C@H](C)OC(=O)c2cccn2C)c1. The van der Waals surface area contributed by atoms with Crippen molar-refractivity contribution in [2.45, 2.75) is 20.0 Å². The summed E-state index contributed by atoms with van der Waals surface area (Å²) in [6, 6.07) is 10.8. The Kier molecular flexibility index (Phi) is 4.42. The van der Waals surface area contributed by atoms with Crippen LogP contribution in [-0.4, -0.2) is 22.5 Å². The van der Waals surface area contributed by atoms with Crippen LogP contribution in [-0.2, 0) is 16.6 Å². The van der Waals surface area contributed by atoms with Crippen molar-refractivity contribution in [3.05, 3.63) is 53.9 Å².